The minimum Gasteiger partial charge on any atom is -0.389 e. The van der Waals surface area contributed by atoms with Gasteiger partial charge in [-0.3, -0.25) is 0 Å². The fourth-order valence-electron chi connectivity index (χ4n) is 4.31. The Hall–Kier alpha value is -0.860. The van der Waals surface area contributed by atoms with E-state index in [1.807, 2.05) is 12.1 Å². The molecule has 0 aromatic heterocycles. The minimum atomic E-state index is -0.649. The fourth-order valence-corrected chi connectivity index (χ4v) is 4.31. The third kappa shape index (κ3) is 1.16. The first-order chi connectivity index (χ1) is 8.44. The quantitative estimate of drug-likeness (QED) is 0.798. The predicted octanol–water partition coefficient (Wildman–Crippen LogP) is 2.37. The van der Waals surface area contributed by atoms with Crippen LogP contribution in [0.3, 0.4) is 0 Å². The minimum absolute atomic E-state index is 0.270. The number of rotatable bonds is 1. The zero-order valence-electron chi connectivity index (χ0n) is 11.4. The van der Waals surface area contributed by atoms with Crippen molar-refractivity contribution in [3.05, 3.63) is 35.4 Å². The molecule has 4 atom stereocenters. The van der Waals surface area contributed by atoms with Crippen LogP contribution in [-0.2, 0) is 10.8 Å². The molecule has 1 aromatic carbocycles. The lowest BCUT2D eigenvalue weighted by molar-refractivity contribution is -0.127. The van der Waals surface area contributed by atoms with Crippen molar-refractivity contribution in [2.24, 2.45) is 5.92 Å². The molecule has 2 heteroatoms. The Bertz CT molecular complexity index is 482. The van der Waals surface area contributed by atoms with E-state index in [-0.39, 0.29) is 10.8 Å². The van der Waals surface area contributed by atoms with Crippen molar-refractivity contribution in [1.82, 2.24) is 0 Å². The van der Waals surface area contributed by atoms with E-state index in [9.17, 15) is 10.2 Å². The summed E-state index contributed by atoms with van der Waals surface area (Å²) in [4.78, 5) is 0. The van der Waals surface area contributed by atoms with Gasteiger partial charge in [0.05, 0.1) is 12.2 Å². The Balaban J connectivity index is 2.32. The van der Waals surface area contributed by atoms with E-state index in [2.05, 4.69) is 32.9 Å². The maximum Gasteiger partial charge on any atom is 0.0906 e. The third-order valence-electron chi connectivity index (χ3n) is 5.61. The van der Waals surface area contributed by atoms with E-state index in [1.54, 1.807) is 0 Å². The maximum absolute atomic E-state index is 10.7. The van der Waals surface area contributed by atoms with Crippen molar-refractivity contribution in [3.63, 3.8) is 0 Å². The van der Waals surface area contributed by atoms with Gasteiger partial charge in [0, 0.05) is 10.8 Å². The topological polar surface area (TPSA) is 40.5 Å². The zero-order valence-corrected chi connectivity index (χ0v) is 11.4. The van der Waals surface area contributed by atoms with Crippen molar-refractivity contribution in [1.29, 1.82) is 0 Å². The van der Waals surface area contributed by atoms with Gasteiger partial charge in [-0.05, 0) is 29.9 Å². The highest BCUT2D eigenvalue weighted by atomic mass is 16.3. The average Bonchev–Trinajstić information content (AvgIpc) is 2.36. The summed E-state index contributed by atoms with van der Waals surface area (Å²) in [5, 5.41) is 21.2. The molecule has 0 aliphatic heterocycles. The SMILES string of the molecule is CC(C)[C@@]12CC[C@@](C)(c3ccccc31)[C@H](O)[C@@H]2O. The molecule has 0 heterocycles. The van der Waals surface area contributed by atoms with Gasteiger partial charge >= 0.3 is 0 Å². The van der Waals surface area contributed by atoms with E-state index < -0.39 is 12.2 Å². The second-order valence-corrected chi connectivity index (χ2v) is 6.55. The highest BCUT2D eigenvalue weighted by Gasteiger charge is 2.61. The summed E-state index contributed by atoms with van der Waals surface area (Å²) in [6.07, 6.45) is 0.631. The third-order valence-corrected chi connectivity index (χ3v) is 5.61. The van der Waals surface area contributed by atoms with E-state index >= 15 is 0 Å². The number of hydrogen-bond acceptors (Lipinski definition) is 2. The van der Waals surface area contributed by atoms with Crippen LogP contribution < -0.4 is 0 Å². The van der Waals surface area contributed by atoms with E-state index in [4.69, 9.17) is 0 Å². The van der Waals surface area contributed by atoms with Gasteiger partial charge in [0.25, 0.3) is 0 Å². The van der Waals surface area contributed by atoms with Crippen LogP contribution in [0.1, 0.15) is 44.7 Å². The van der Waals surface area contributed by atoms with Gasteiger partial charge in [-0.15, -0.1) is 0 Å². The van der Waals surface area contributed by atoms with Crippen LogP contribution in [-0.4, -0.2) is 22.4 Å². The molecule has 0 spiro atoms. The van der Waals surface area contributed by atoms with Crippen molar-refractivity contribution >= 4 is 0 Å². The Morgan fingerprint density at radius 3 is 2.28 bits per heavy atom. The monoisotopic (exact) mass is 246 g/mol. The molecule has 0 saturated heterocycles. The maximum atomic E-state index is 10.7. The first kappa shape index (κ1) is 12.2. The molecule has 1 saturated carbocycles. The predicted molar refractivity (Wildman–Crippen MR) is 71.6 cm³/mol. The van der Waals surface area contributed by atoms with Gasteiger partial charge in [-0.1, -0.05) is 45.0 Å². The number of aliphatic hydroxyl groups is 2. The van der Waals surface area contributed by atoms with Crippen LogP contribution in [0.4, 0.5) is 0 Å². The van der Waals surface area contributed by atoms with Gasteiger partial charge in [-0.25, -0.2) is 0 Å². The summed E-state index contributed by atoms with van der Waals surface area (Å²) in [6.45, 7) is 6.39. The standard InChI is InChI=1S/C16H22O2/c1-10(2)16-9-8-15(3,13(17)14(16)18)11-6-4-5-7-12(11)16/h4-7,10,13-14,17-18H,8-9H2,1-3H3/t13-,14+,15+,16+/m1/s1. The molecule has 0 radical (unpaired) electrons. The molecule has 1 aromatic rings. The highest BCUT2D eigenvalue weighted by molar-refractivity contribution is 5.48. The number of hydrogen-bond donors (Lipinski definition) is 2. The highest BCUT2D eigenvalue weighted by Crippen LogP contribution is 2.58. The number of fused-ring (bicyclic) bond motifs is 2. The molecular weight excluding hydrogens is 224 g/mol. The van der Waals surface area contributed by atoms with Gasteiger partial charge < -0.3 is 10.2 Å². The summed E-state index contributed by atoms with van der Waals surface area (Å²) in [5.41, 5.74) is 1.94. The normalized spacial score (nSPS) is 42.1. The summed E-state index contributed by atoms with van der Waals surface area (Å²) >= 11 is 0. The zero-order chi connectivity index (χ0) is 13.1. The second kappa shape index (κ2) is 3.58. The molecule has 3 aliphatic rings. The fraction of sp³-hybridized carbons (Fsp3) is 0.625. The molecule has 1 fully saturated rings. The van der Waals surface area contributed by atoms with Crippen LogP contribution in [0.15, 0.2) is 24.3 Å². The first-order valence-corrected chi connectivity index (χ1v) is 6.90. The Morgan fingerprint density at radius 2 is 1.67 bits per heavy atom. The Morgan fingerprint density at radius 1 is 1.06 bits per heavy atom. The van der Waals surface area contributed by atoms with Crippen LogP contribution in [0.2, 0.25) is 0 Å². The van der Waals surface area contributed by atoms with Crippen molar-refractivity contribution in [2.45, 2.75) is 56.7 Å². The molecule has 2 nitrogen and oxygen atoms in total. The summed E-state index contributed by atoms with van der Waals surface area (Å²) in [5.74, 6) is 0.327. The summed E-state index contributed by atoms with van der Waals surface area (Å²) in [7, 11) is 0. The molecule has 2 N–H and O–H groups in total. The second-order valence-electron chi connectivity index (χ2n) is 6.55. The molecule has 18 heavy (non-hydrogen) atoms. The first-order valence-electron chi connectivity index (χ1n) is 6.90. The van der Waals surface area contributed by atoms with Crippen LogP contribution in [0, 0.1) is 5.92 Å². The number of benzene rings is 1. The average molecular weight is 246 g/mol. The molecule has 3 aliphatic carbocycles. The molecule has 0 amide bonds. The Labute approximate surface area is 109 Å². The molecule has 4 rings (SSSR count). The molecular formula is C16H22O2. The molecule has 2 bridgehead atoms. The van der Waals surface area contributed by atoms with Crippen molar-refractivity contribution < 1.29 is 10.2 Å². The molecule has 0 unspecified atom stereocenters. The van der Waals surface area contributed by atoms with E-state index in [1.165, 1.54) is 11.1 Å². The van der Waals surface area contributed by atoms with Gasteiger partial charge in [0.2, 0.25) is 0 Å². The lowest BCUT2D eigenvalue weighted by Gasteiger charge is -2.60. The smallest absolute Gasteiger partial charge is 0.0906 e. The van der Waals surface area contributed by atoms with Crippen LogP contribution in [0.5, 0.6) is 0 Å². The van der Waals surface area contributed by atoms with Gasteiger partial charge in [0.1, 0.15) is 0 Å². The summed E-state index contributed by atoms with van der Waals surface area (Å²) in [6, 6.07) is 8.35. The lowest BCUT2D eigenvalue weighted by atomic mass is 9.46. The van der Waals surface area contributed by atoms with Crippen molar-refractivity contribution in [2.75, 3.05) is 0 Å². The van der Waals surface area contributed by atoms with E-state index in [0.717, 1.165) is 12.8 Å². The van der Waals surface area contributed by atoms with Crippen LogP contribution >= 0.6 is 0 Å². The largest absolute Gasteiger partial charge is 0.389 e. The summed E-state index contributed by atoms with van der Waals surface area (Å²) < 4.78 is 0. The van der Waals surface area contributed by atoms with Gasteiger partial charge in [-0.2, -0.15) is 0 Å². The lowest BCUT2D eigenvalue weighted by Crippen LogP contribution is -2.65. The van der Waals surface area contributed by atoms with Crippen molar-refractivity contribution in [3.8, 4) is 0 Å². The van der Waals surface area contributed by atoms with Gasteiger partial charge in [0.15, 0.2) is 0 Å². The number of aliphatic hydroxyl groups excluding tert-OH is 2. The Kier molecular flexibility index (Phi) is 2.43. The van der Waals surface area contributed by atoms with Crippen LogP contribution in [0.25, 0.3) is 0 Å². The van der Waals surface area contributed by atoms with E-state index in [0.29, 0.717) is 5.92 Å². The molecule has 98 valence electrons.